The van der Waals surface area contributed by atoms with Crippen LogP contribution in [0, 0.1) is 5.92 Å². The maximum atomic E-state index is 4.32. The van der Waals surface area contributed by atoms with Gasteiger partial charge in [-0.3, -0.25) is 9.89 Å². The van der Waals surface area contributed by atoms with Crippen LogP contribution in [0.3, 0.4) is 0 Å². The minimum atomic E-state index is 0.511. The fourth-order valence-electron chi connectivity index (χ4n) is 2.56. The zero-order valence-electron chi connectivity index (χ0n) is 14.7. The Hall–Kier alpha value is -1.07. The van der Waals surface area contributed by atoms with Crippen molar-refractivity contribution in [3.8, 4) is 0 Å². The number of rotatable bonds is 9. The SMILES string of the molecule is CCN(CC)C(C)CNC(=NC)NCC(C)Cc1cccs1. The molecule has 126 valence electrons. The van der Waals surface area contributed by atoms with Crippen LogP contribution in [0.1, 0.15) is 32.6 Å². The van der Waals surface area contributed by atoms with Gasteiger partial charge in [-0.25, -0.2) is 0 Å². The third-order valence-corrected chi connectivity index (χ3v) is 4.87. The van der Waals surface area contributed by atoms with Crippen LogP contribution in [0.2, 0.25) is 0 Å². The van der Waals surface area contributed by atoms with E-state index in [0.717, 1.165) is 38.6 Å². The number of guanidine groups is 1. The van der Waals surface area contributed by atoms with Crippen molar-refractivity contribution < 1.29 is 0 Å². The summed E-state index contributed by atoms with van der Waals surface area (Å²) in [5, 5.41) is 9.01. The first-order chi connectivity index (χ1) is 10.6. The lowest BCUT2D eigenvalue weighted by Crippen LogP contribution is -2.46. The molecule has 2 unspecified atom stereocenters. The molecule has 0 spiro atoms. The van der Waals surface area contributed by atoms with Gasteiger partial charge in [0.25, 0.3) is 0 Å². The Morgan fingerprint density at radius 2 is 1.91 bits per heavy atom. The van der Waals surface area contributed by atoms with Crippen LogP contribution in [0.5, 0.6) is 0 Å². The molecule has 0 radical (unpaired) electrons. The third-order valence-electron chi connectivity index (χ3n) is 3.97. The molecular weight excluding hydrogens is 292 g/mol. The number of nitrogens with zero attached hydrogens (tertiary/aromatic N) is 2. The molecule has 1 aromatic rings. The minimum absolute atomic E-state index is 0.511. The van der Waals surface area contributed by atoms with Crippen molar-refractivity contribution in [2.75, 3.05) is 33.2 Å². The zero-order valence-corrected chi connectivity index (χ0v) is 15.5. The highest BCUT2D eigenvalue weighted by atomic mass is 32.1. The summed E-state index contributed by atoms with van der Waals surface area (Å²) in [5.41, 5.74) is 0. The highest BCUT2D eigenvalue weighted by Gasteiger charge is 2.11. The zero-order chi connectivity index (χ0) is 16.4. The Morgan fingerprint density at radius 1 is 1.23 bits per heavy atom. The molecule has 0 fully saturated rings. The standard InChI is InChI=1S/C17H32N4S/c1-6-21(7-2)15(4)13-20-17(18-5)19-12-14(3)11-16-9-8-10-22-16/h8-10,14-15H,6-7,11-13H2,1-5H3,(H2,18,19,20). The lowest BCUT2D eigenvalue weighted by Gasteiger charge is -2.27. The van der Waals surface area contributed by atoms with E-state index in [2.05, 4.69) is 65.7 Å². The molecule has 1 heterocycles. The van der Waals surface area contributed by atoms with Gasteiger partial charge in [0.05, 0.1) is 0 Å². The van der Waals surface area contributed by atoms with E-state index in [1.54, 1.807) is 0 Å². The molecule has 0 saturated heterocycles. The lowest BCUT2D eigenvalue weighted by atomic mass is 10.1. The highest BCUT2D eigenvalue weighted by molar-refractivity contribution is 7.09. The fraction of sp³-hybridized carbons (Fsp3) is 0.706. The van der Waals surface area contributed by atoms with Crippen molar-refractivity contribution in [3.05, 3.63) is 22.4 Å². The fourth-order valence-corrected chi connectivity index (χ4v) is 3.43. The number of likely N-dealkylation sites (N-methyl/N-ethyl adjacent to an activating group) is 1. The molecule has 5 heteroatoms. The molecule has 1 aromatic heterocycles. The molecule has 0 aromatic carbocycles. The van der Waals surface area contributed by atoms with E-state index in [0.29, 0.717) is 12.0 Å². The maximum absolute atomic E-state index is 4.32. The molecule has 0 amide bonds. The van der Waals surface area contributed by atoms with Crippen molar-refractivity contribution in [1.29, 1.82) is 0 Å². The predicted molar refractivity (Wildman–Crippen MR) is 98.9 cm³/mol. The van der Waals surface area contributed by atoms with E-state index in [1.165, 1.54) is 4.88 Å². The van der Waals surface area contributed by atoms with E-state index in [4.69, 9.17) is 0 Å². The topological polar surface area (TPSA) is 39.7 Å². The highest BCUT2D eigenvalue weighted by Crippen LogP contribution is 2.13. The Bertz CT molecular complexity index is 412. The summed E-state index contributed by atoms with van der Waals surface area (Å²) in [5.74, 6) is 1.49. The second kappa shape index (κ2) is 10.6. The molecule has 4 nitrogen and oxygen atoms in total. The number of hydrogen-bond acceptors (Lipinski definition) is 3. The van der Waals surface area contributed by atoms with Crippen LogP contribution < -0.4 is 10.6 Å². The molecular formula is C17H32N4S. The number of hydrogen-bond donors (Lipinski definition) is 2. The van der Waals surface area contributed by atoms with Gasteiger partial charge in [-0.05, 0) is 43.8 Å². The summed E-state index contributed by atoms with van der Waals surface area (Å²) in [7, 11) is 1.83. The van der Waals surface area contributed by atoms with Gasteiger partial charge in [-0.2, -0.15) is 0 Å². The summed E-state index contributed by atoms with van der Waals surface area (Å²) in [4.78, 5) is 8.21. The molecule has 2 N–H and O–H groups in total. The van der Waals surface area contributed by atoms with Gasteiger partial charge >= 0.3 is 0 Å². The Labute approximate surface area is 140 Å². The Kier molecular flexibility index (Phi) is 9.16. The molecule has 22 heavy (non-hydrogen) atoms. The first-order valence-electron chi connectivity index (χ1n) is 8.31. The van der Waals surface area contributed by atoms with E-state index < -0.39 is 0 Å². The molecule has 0 aliphatic rings. The Balaban J connectivity index is 2.30. The summed E-state index contributed by atoms with van der Waals surface area (Å²) >= 11 is 1.83. The van der Waals surface area contributed by atoms with Crippen molar-refractivity contribution in [2.45, 2.75) is 40.2 Å². The number of aliphatic imine (C=N–C) groups is 1. The quantitative estimate of drug-likeness (QED) is 0.542. The number of nitrogens with one attached hydrogen (secondary N) is 2. The van der Waals surface area contributed by atoms with E-state index in [9.17, 15) is 0 Å². The van der Waals surface area contributed by atoms with Crippen LogP contribution in [-0.4, -0.2) is 50.1 Å². The van der Waals surface area contributed by atoms with Gasteiger partial charge in [-0.15, -0.1) is 11.3 Å². The number of thiophene rings is 1. The average Bonchev–Trinajstić information content (AvgIpc) is 3.01. The van der Waals surface area contributed by atoms with Crippen LogP contribution in [0.4, 0.5) is 0 Å². The molecule has 0 bridgehead atoms. The molecule has 0 aliphatic carbocycles. The first kappa shape index (κ1) is 19.0. The third kappa shape index (κ3) is 6.79. The summed E-state index contributed by atoms with van der Waals surface area (Å²) < 4.78 is 0. The van der Waals surface area contributed by atoms with Gasteiger partial charge in [0, 0.05) is 31.1 Å². The van der Waals surface area contributed by atoms with Crippen molar-refractivity contribution in [2.24, 2.45) is 10.9 Å². The van der Waals surface area contributed by atoms with Crippen LogP contribution in [0.15, 0.2) is 22.5 Å². The molecule has 0 aliphatic heterocycles. The molecule has 0 saturated carbocycles. The van der Waals surface area contributed by atoms with Gasteiger partial charge in [0.1, 0.15) is 0 Å². The van der Waals surface area contributed by atoms with Crippen LogP contribution in [0.25, 0.3) is 0 Å². The van der Waals surface area contributed by atoms with Crippen molar-refractivity contribution in [3.63, 3.8) is 0 Å². The van der Waals surface area contributed by atoms with Crippen molar-refractivity contribution in [1.82, 2.24) is 15.5 Å². The minimum Gasteiger partial charge on any atom is -0.356 e. The molecule has 2 atom stereocenters. The Morgan fingerprint density at radius 3 is 2.45 bits per heavy atom. The summed E-state index contributed by atoms with van der Waals surface area (Å²) in [6.07, 6.45) is 1.12. The smallest absolute Gasteiger partial charge is 0.191 e. The van der Waals surface area contributed by atoms with Gasteiger partial charge in [0.2, 0.25) is 0 Å². The maximum Gasteiger partial charge on any atom is 0.191 e. The monoisotopic (exact) mass is 324 g/mol. The summed E-state index contributed by atoms with van der Waals surface area (Å²) in [6.45, 7) is 13.0. The van der Waals surface area contributed by atoms with Gasteiger partial charge in [0.15, 0.2) is 5.96 Å². The van der Waals surface area contributed by atoms with Crippen LogP contribution >= 0.6 is 11.3 Å². The lowest BCUT2D eigenvalue weighted by molar-refractivity contribution is 0.231. The van der Waals surface area contributed by atoms with Crippen molar-refractivity contribution >= 4 is 17.3 Å². The first-order valence-corrected chi connectivity index (χ1v) is 9.19. The second-order valence-corrected chi connectivity index (χ2v) is 6.83. The molecule has 1 rings (SSSR count). The van der Waals surface area contributed by atoms with E-state index in [-0.39, 0.29) is 0 Å². The predicted octanol–water partition coefficient (Wildman–Crippen LogP) is 2.82. The largest absolute Gasteiger partial charge is 0.356 e. The van der Waals surface area contributed by atoms with E-state index >= 15 is 0 Å². The second-order valence-electron chi connectivity index (χ2n) is 5.79. The van der Waals surface area contributed by atoms with Gasteiger partial charge in [-0.1, -0.05) is 26.8 Å². The summed E-state index contributed by atoms with van der Waals surface area (Å²) in [6, 6.07) is 4.84. The van der Waals surface area contributed by atoms with E-state index in [1.807, 2.05) is 18.4 Å². The average molecular weight is 325 g/mol. The van der Waals surface area contributed by atoms with Gasteiger partial charge < -0.3 is 10.6 Å². The van der Waals surface area contributed by atoms with Crippen LogP contribution in [-0.2, 0) is 6.42 Å². The normalized spacial score (nSPS) is 14.9.